The van der Waals surface area contributed by atoms with E-state index in [0.29, 0.717) is 5.56 Å². The van der Waals surface area contributed by atoms with E-state index in [0.717, 1.165) is 11.1 Å². The SMILES string of the molecule is Cc1ccccc1CS(=O)(=O)Cc1ccc(C(=O)O)cc1. The van der Waals surface area contributed by atoms with Gasteiger partial charge in [-0.2, -0.15) is 0 Å². The summed E-state index contributed by atoms with van der Waals surface area (Å²) in [5.74, 6) is -1.13. The number of carboxylic acid groups (broad SMARTS) is 1. The van der Waals surface area contributed by atoms with E-state index in [1.165, 1.54) is 12.1 Å². The first-order chi connectivity index (χ1) is 9.87. The quantitative estimate of drug-likeness (QED) is 0.922. The summed E-state index contributed by atoms with van der Waals surface area (Å²) in [6.07, 6.45) is 0. The van der Waals surface area contributed by atoms with Gasteiger partial charge in [-0.3, -0.25) is 0 Å². The van der Waals surface area contributed by atoms with Gasteiger partial charge in [0.2, 0.25) is 0 Å². The van der Waals surface area contributed by atoms with E-state index >= 15 is 0 Å². The number of hydrogen-bond donors (Lipinski definition) is 1. The maximum atomic E-state index is 12.2. The van der Waals surface area contributed by atoms with Crippen LogP contribution in [0.3, 0.4) is 0 Å². The maximum Gasteiger partial charge on any atom is 0.335 e. The number of hydrogen-bond acceptors (Lipinski definition) is 3. The largest absolute Gasteiger partial charge is 0.478 e. The fraction of sp³-hybridized carbons (Fsp3) is 0.188. The molecule has 0 aromatic heterocycles. The van der Waals surface area contributed by atoms with Crippen LogP contribution >= 0.6 is 0 Å². The third-order valence-electron chi connectivity index (χ3n) is 3.22. The molecule has 0 amide bonds. The van der Waals surface area contributed by atoms with Crippen molar-refractivity contribution in [1.29, 1.82) is 0 Å². The molecular formula is C16H16O4S. The molecule has 0 heterocycles. The molecule has 0 radical (unpaired) electrons. The normalized spacial score (nSPS) is 11.3. The van der Waals surface area contributed by atoms with Gasteiger partial charge >= 0.3 is 5.97 Å². The smallest absolute Gasteiger partial charge is 0.335 e. The van der Waals surface area contributed by atoms with Crippen LogP contribution in [0.4, 0.5) is 0 Å². The summed E-state index contributed by atoms with van der Waals surface area (Å²) in [4.78, 5) is 10.8. The molecule has 0 fully saturated rings. The summed E-state index contributed by atoms with van der Waals surface area (Å²) < 4.78 is 24.4. The number of aryl methyl sites for hydroxylation is 1. The van der Waals surface area contributed by atoms with Crippen LogP contribution in [-0.4, -0.2) is 19.5 Å². The first-order valence-electron chi connectivity index (χ1n) is 6.44. The summed E-state index contributed by atoms with van der Waals surface area (Å²) in [6.45, 7) is 1.88. The molecule has 2 aromatic rings. The Hall–Kier alpha value is -2.14. The van der Waals surface area contributed by atoms with Crippen LogP contribution in [0.5, 0.6) is 0 Å². The van der Waals surface area contributed by atoms with Crippen molar-refractivity contribution in [3.63, 3.8) is 0 Å². The second-order valence-corrected chi connectivity index (χ2v) is 7.03. The Bertz CT molecular complexity index is 746. The molecule has 2 rings (SSSR count). The van der Waals surface area contributed by atoms with Crippen molar-refractivity contribution < 1.29 is 18.3 Å². The Labute approximate surface area is 124 Å². The third-order valence-corrected chi connectivity index (χ3v) is 4.75. The molecule has 5 heteroatoms. The van der Waals surface area contributed by atoms with Gasteiger partial charge in [0.05, 0.1) is 17.1 Å². The average molecular weight is 304 g/mol. The molecule has 0 bridgehead atoms. The molecule has 0 saturated carbocycles. The van der Waals surface area contributed by atoms with E-state index < -0.39 is 15.8 Å². The van der Waals surface area contributed by atoms with Gasteiger partial charge < -0.3 is 5.11 Å². The second kappa shape index (κ2) is 6.10. The predicted octanol–water partition coefficient (Wildman–Crippen LogP) is 2.81. The van der Waals surface area contributed by atoms with Crippen molar-refractivity contribution in [3.8, 4) is 0 Å². The van der Waals surface area contributed by atoms with E-state index in [2.05, 4.69) is 0 Å². The van der Waals surface area contributed by atoms with E-state index in [9.17, 15) is 13.2 Å². The zero-order valence-corrected chi connectivity index (χ0v) is 12.4. The Balaban J connectivity index is 2.14. The summed E-state index contributed by atoms with van der Waals surface area (Å²) in [5.41, 5.74) is 2.48. The zero-order chi connectivity index (χ0) is 15.5. The van der Waals surface area contributed by atoms with Gasteiger partial charge in [-0.25, -0.2) is 13.2 Å². The summed E-state index contributed by atoms with van der Waals surface area (Å²) in [6, 6.07) is 13.3. The molecule has 0 aliphatic rings. The van der Waals surface area contributed by atoms with Crippen molar-refractivity contribution in [2.45, 2.75) is 18.4 Å². The highest BCUT2D eigenvalue weighted by Crippen LogP contribution is 2.16. The molecular weight excluding hydrogens is 288 g/mol. The van der Waals surface area contributed by atoms with Crippen LogP contribution in [0, 0.1) is 6.92 Å². The number of carbonyl (C=O) groups is 1. The summed E-state index contributed by atoms with van der Waals surface area (Å²) in [7, 11) is -3.29. The van der Waals surface area contributed by atoms with Crippen LogP contribution in [-0.2, 0) is 21.3 Å². The molecule has 0 unspecified atom stereocenters. The monoisotopic (exact) mass is 304 g/mol. The molecule has 4 nitrogen and oxygen atoms in total. The average Bonchev–Trinajstić information content (AvgIpc) is 2.41. The molecule has 0 atom stereocenters. The minimum Gasteiger partial charge on any atom is -0.478 e. The zero-order valence-electron chi connectivity index (χ0n) is 11.6. The highest BCUT2D eigenvalue weighted by molar-refractivity contribution is 7.89. The third kappa shape index (κ3) is 4.16. The van der Waals surface area contributed by atoms with Crippen LogP contribution in [0.1, 0.15) is 27.0 Å². The van der Waals surface area contributed by atoms with Crippen LogP contribution < -0.4 is 0 Å². The Kier molecular flexibility index (Phi) is 4.43. The highest BCUT2D eigenvalue weighted by atomic mass is 32.2. The van der Waals surface area contributed by atoms with E-state index in [-0.39, 0.29) is 17.1 Å². The van der Waals surface area contributed by atoms with Crippen molar-refractivity contribution in [2.75, 3.05) is 0 Å². The summed E-state index contributed by atoms with van der Waals surface area (Å²) in [5, 5.41) is 8.82. The van der Waals surface area contributed by atoms with E-state index in [4.69, 9.17) is 5.11 Å². The lowest BCUT2D eigenvalue weighted by Crippen LogP contribution is -2.09. The van der Waals surface area contributed by atoms with Gasteiger partial charge in [0.25, 0.3) is 0 Å². The number of rotatable bonds is 5. The highest BCUT2D eigenvalue weighted by Gasteiger charge is 2.14. The topological polar surface area (TPSA) is 71.4 Å². The number of benzene rings is 2. The lowest BCUT2D eigenvalue weighted by Gasteiger charge is -2.07. The molecule has 0 saturated heterocycles. The lowest BCUT2D eigenvalue weighted by molar-refractivity contribution is 0.0697. The lowest BCUT2D eigenvalue weighted by atomic mass is 10.1. The van der Waals surface area contributed by atoms with Crippen LogP contribution in [0.25, 0.3) is 0 Å². The molecule has 0 aliphatic carbocycles. The molecule has 0 aliphatic heterocycles. The minimum absolute atomic E-state index is 0.0135. The van der Waals surface area contributed by atoms with Crippen molar-refractivity contribution in [1.82, 2.24) is 0 Å². The first-order valence-corrected chi connectivity index (χ1v) is 8.27. The maximum absolute atomic E-state index is 12.2. The van der Waals surface area contributed by atoms with Gasteiger partial charge in [0, 0.05) is 0 Å². The summed E-state index contributed by atoms with van der Waals surface area (Å²) >= 11 is 0. The van der Waals surface area contributed by atoms with E-state index in [1.807, 2.05) is 25.1 Å². The standard InChI is InChI=1S/C16H16O4S/c1-12-4-2-3-5-15(12)11-21(19,20)10-13-6-8-14(9-7-13)16(17)18/h2-9H,10-11H2,1H3,(H,17,18). The van der Waals surface area contributed by atoms with Crippen molar-refractivity contribution in [3.05, 3.63) is 70.8 Å². The van der Waals surface area contributed by atoms with Crippen LogP contribution in [0.2, 0.25) is 0 Å². The van der Waals surface area contributed by atoms with Gasteiger partial charge in [-0.15, -0.1) is 0 Å². The molecule has 1 N–H and O–H groups in total. The minimum atomic E-state index is -3.29. The fourth-order valence-electron chi connectivity index (χ4n) is 2.06. The van der Waals surface area contributed by atoms with Crippen molar-refractivity contribution in [2.24, 2.45) is 0 Å². The van der Waals surface area contributed by atoms with Gasteiger partial charge in [-0.1, -0.05) is 36.4 Å². The second-order valence-electron chi connectivity index (χ2n) is 4.96. The van der Waals surface area contributed by atoms with Crippen molar-refractivity contribution >= 4 is 15.8 Å². The number of carboxylic acids is 1. The molecule has 2 aromatic carbocycles. The molecule has 0 spiro atoms. The predicted molar refractivity (Wildman–Crippen MR) is 80.9 cm³/mol. The fourth-order valence-corrected chi connectivity index (χ4v) is 3.66. The van der Waals surface area contributed by atoms with Gasteiger partial charge in [-0.05, 0) is 35.7 Å². The number of sulfone groups is 1. The van der Waals surface area contributed by atoms with E-state index in [1.54, 1.807) is 18.2 Å². The van der Waals surface area contributed by atoms with Gasteiger partial charge in [0.1, 0.15) is 0 Å². The Morgan fingerprint density at radius 3 is 2.19 bits per heavy atom. The molecule has 21 heavy (non-hydrogen) atoms. The number of aromatic carboxylic acids is 1. The van der Waals surface area contributed by atoms with Gasteiger partial charge in [0.15, 0.2) is 9.84 Å². The molecule has 110 valence electrons. The first kappa shape index (κ1) is 15.3. The van der Waals surface area contributed by atoms with Crippen LogP contribution in [0.15, 0.2) is 48.5 Å². The Morgan fingerprint density at radius 2 is 1.62 bits per heavy atom. The Morgan fingerprint density at radius 1 is 1.00 bits per heavy atom.